The summed E-state index contributed by atoms with van der Waals surface area (Å²) in [6, 6.07) is 0. The Hall–Kier alpha value is -1.31. The molecule has 0 heterocycles. The molecular formula is C20H34O2. The molecule has 2 nitrogen and oxygen atoms in total. The lowest BCUT2D eigenvalue weighted by Crippen LogP contribution is -2.00. The van der Waals surface area contributed by atoms with E-state index in [0.717, 1.165) is 17.9 Å². The van der Waals surface area contributed by atoms with Gasteiger partial charge >= 0.3 is 5.97 Å². The first-order valence-electron chi connectivity index (χ1n) is 8.76. The standard InChI is InChI=1S/C20H34O2/c1-6-18(7-2)13-11-15-19(8-3)14-10-12-17(5)16-20(21)22-9-4/h10,12-13,16,19H,6-9,11,14-15H2,1-5H3/b12-10+,17-16+. The Balaban J connectivity index is 4.25. The minimum absolute atomic E-state index is 0.256. The fourth-order valence-electron chi connectivity index (χ4n) is 2.41. The molecule has 2 heteroatoms. The molecule has 126 valence electrons. The normalized spacial score (nSPS) is 13.2. The van der Waals surface area contributed by atoms with Gasteiger partial charge in [-0.25, -0.2) is 4.79 Å². The van der Waals surface area contributed by atoms with E-state index in [1.807, 2.05) is 19.9 Å². The molecule has 0 rings (SSSR count). The Labute approximate surface area is 137 Å². The monoisotopic (exact) mass is 306 g/mol. The molecule has 0 aromatic heterocycles. The molecule has 0 amide bonds. The summed E-state index contributed by atoms with van der Waals surface area (Å²) in [4.78, 5) is 11.3. The number of carbonyl (C=O) groups excluding carboxylic acids is 1. The minimum Gasteiger partial charge on any atom is -0.463 e. The molecule has 0 N–H and O–H groups in total. The molecule has 0 aliphatic rings. The third-order valence-corrected chi connectivity index (χ3v) is 3.98. The topological polar surface area (TPSA) is 26.3 Å². The number of carbonyl (C=O) groups is 1. The van der Waals surface area contributed by atoms with Crippen LogP contribution in [0.2, 0.25) is 0 Å². The van der Waals surface area contributed by atoms with E-state index in [2.05, 4.69) is 32.9 Å². The number of allylic oxidation sites excluding steroid dienone is 5. The predicted molar refractivity (Wildman–Crippen MR) is 95.8 cm³/mol. The zero-order valence-corrected chi connectivity index (χ0v) is 15.2. The van der Waals surface area contributed by atoms with E-state index >= 15 is 0 Å². The average molecular weight is 306 g/mol. The summed E-state index contributed by atoms with van der Waals surface area (Å²) in [7, 11) is 0. The lowest BCUT2D eigenvalue weighted by Gasteiger charge is -2.11. The number of esters is 1. The molecule has 1 unspecified atom stereocenters. The maximum atomic E-state index is 11.3. The second kappa shape index (κ2) is 13.4. The maximum absolute atomic E-state index is 11.3. The van der Waals surface area contributed by atoms with Crippen LogP contribution < -0.4 is 0 Å². The fourth-order valence-corrected chi connectivity index (χ4v) is 2.41. The van der Waals surface area contributed by atoms with Crippen molar-refractivity contribution in [2.75, 3.05) is 6.61 Å². The van der Waals surface area contributed by atoms with Crippen molar-refractivity contribution in [2.45, 2.75) is 73.1 Å². The largest absolute Gasteiger partial charge is 0.463 e. The smallest absolute Gasteiger partial charge is 0.330 e. The maximum Gasteiger partial charge on any atom is 0.330 e. The van der Waals surface area contributed by atoms with Gasteiger partial charge in [0.15, 0.2) is 0 Å². The van der Waals surface area contributed by atoms with E-state index in [1.165, 1.54) is 32.1 Å². The van der Waals surface area contributed by atoms with Gasteiger partial charge in [-0.3, -0.25) is 0 Å². The van der Waals surface area contributed by atoms with E-state index < -0.39 is 0 Å². The van der Waals surface area contributed by atoms with Gasteiger partial charge in [-0.1, -0.05) is 51.0 Å². The Kier molecular flexibility index (Phi) is 12.6. The summed E-state index contributed by atoms with van der Waals surface area (Å²) >= 11 is 0. The van der Waals surface area contributed by atoms with Gasteiger partial charge in [0.2, 0.25) is 0 Å². The van der Waals surface area contributed by atoms with Crippen LogP contribution in [-0.4, -0.2) is 12.6 Å². The van der Waals surface area contributed by atoms with E-state index in [-0.39, 0.29) is 5.97 Å². The van der Waals surface area contributed by atoms with Crippen molar-refractivity contribution < 1.29 is 9.53 Å². The Morgan fingerprint density at radius 2 is 1.82 bits per heavy atom. The Morgan fingerprint density at radius 3 is 2.36 bits per heavy atom. The summed E-state index contributed by atoms with van der Waals surface area (Å²) in [5, 5.41) is 0. The van der Waals surface area contributed by atoms with Gasteiger partial charge in [0, 0.05) is 6.08 Å². The molecule has 0 bridgehead atoms. The lowest BCUT2D eigenvalue weighted by atomic mass is 9.95. The lowest BCUT2D eigenvalue weighted by molar-refractivity contribution is -0.137. The number of ether oxygens (including phenoxy) is 1. The zero-order valence-electron chi connectivity index (χ0n) is 15.2. The molecule has 0 aliphatic carbocycles. The molecule has 0 saturated heterocycles. The van der Waals surface area contributed by atoms with Crippen molar-refractivity contribution in [3.05, 3.63) is 35.5 Å². The second-order valence-electron chi connectivity index (χ2n) is 5.70. The van der Waals surface area contributed by atoms with Crippen LogP contribution in [0, 0.1) is 5.92 Å². The summed E-state index contributed by atoms with van der Waals surface area (Å²) in [6.45, 7) is 10.9. The Morgan fingerprint density at radius 1 is 1.14 bits per heavy atom. The van der Waals surface area contributed by atoms with Crippen LogP contribution in [0.3, 0.4) is 0 Å². The van der Waals surface area contributed by atoms with Crippen molar-refractivity contribution in [1.29, 1.82) is 0 Å². The van der Waals surface area contributed by atoms with Crippen molar-refractivity contribution in [1.82, 2.24) is 0 Å². The zero-order chi connectivity index (χ0) is 16.8. The first kappa shape index (κ1) is 20.7. The molecule has 0 aromatic rings. The van der Waals surface area contributed by atoms with Crippen LogP contribution in [0.1, 0.15) is 73.1 Å². The first-order valence-corrected chi connectivity index (χ1v) is 8.76. The summed E-state index contributed by atoms with van der Waals surface area (Å²) in [5.74, 6) is 0.464. The summed E-state index contributed by atoms with van der Waals surface area (Å²) in [6.07, 6.45) is 15.2. The van der Waals surface area contributed by atoms with Crippen molar-refractivity contribution >= 4 is 5.97 Å². The third-order valence-electron chi connectivity index (χ3n) is 3.98. The quantitative estimate of drug-likeness (QED) is 0.203. The molecule has 0 aliphatic heterocycles. The van der Waals surface area contributed by atoms with Crippen LogP contribution in [0.15, 0.2) is 35.5 Å². The molecule has 1 atom stereocenters. The van der Waals surface area contributed by atoms with Crippen LogP contribution >= 0.6 is 0 Å². The molecule has 0 saturated carbocycles. The van der Waals surface area contributed by atoms with Crippen LogP contribution in [0.25, 0.3) is 0 Å². The van der Waals surface area contributed by atoms with Gasteiger partial charge in [-0.2, -0.15) is 0 Å². The minimum atomic E-state index is -0.256. The first-order chi connectivity index (χ1) is 10.6. The highest BCUT2D eigenvalue weighted by Gasteiger charge is 2.03. The van der Waals surface area contributed by atoms with E-state index in [0.29, 0.717) is 6.61 Å². The highest BCUT2D eigenvalue weighted by atomic mass is 16.5. The number of hydrogen-bond donors (Lipinski definition) is 0. The number of rotatable bonds is 11. The molecular weight excluding hydrogens is 272 g/mol. The SMILES string of the molecule is CCOC(=O)/C=C(C)/C=C/CC(CC)CCC=C(CC)CC. The second-order valence-corrected chi connectivity index (χ2v) is 5.70. The van der Waals surface area contributed by atoms with Crippen molar-refractivity contribution in [2.24, 2.45) is 5.92 Å². The van der Waals surface area contributed by atoms with Gasteiger partial charge in [0.25, 0.3) is 0 Å². The average Bonchev–Trinajstić information content (AvgIpc) is 2.49. The van der Waals surface area contributed by atoms with E-state index in [4.69, 9.17) is 4.74 Å². The van der Waals surface area contributed by atoms with Gasteiger partial charge in [-0.05, 0) is 57.4 Å². The van der Waals surface area contributed by atoms with Gasteiger partial charge in [-0.15, -0.1) is 0 Å². The van der Waals surface area contributed by atoms with E-state index in [9.17, 15) is 4.79 Å². The summed E-state index contributed by atoms with van der Waals surface area (Å²) < 4.78 is 4.90. The van der Waals surface area contributed by atoms with Gasteiger partial charge in [0.1, 0.15) is 0 Å². The van der Waals surface area contributed by atoms with Crippen molar-refractivity contribution in [3.8, 4) is 0 Å². The molecule has 0 fully saturated rings. The van der Waals surface area contributed by atoms with Crippen LogP contribution in [0.5, 0.6) is 0 Å². The van der Waals surface area contributed by atoms with Gasteiger partial charge in [0.05, 0.1) is 6.61 Å². The van der Waals surface area contributed by atoms with Crippen molar-refractivity contribution in [3.63, 3.8) is 0 Å². The third kappa shape index (κ3) is 10.4. The molecule has 22 heavy (non-hydrogen) atoms. The van der Waals surface area contributed by atoms with E-state index in [1.54, 1.807) is 11.6 Å². The number of hydrogen-bond acceptors (Lipinski definition) is 2. The van der Waals surface area contributed by atoms with Crippen LogP contribution in [0.4, 0.5) is 0 Å². The molecule has 0 spiro atoms. The highest BCUT2D eigenvalue weighted by molar-refractivity contribution is 5.83. The van der Waals surface area contributed by atoms with Crippen LogP contribution in [-0.2, 0) is 9.53 Å². The summed E-state index contributed by atoms with van der Waals surface area (Å²) in [5.41, 5.74) is 2.52. The predicted octanol–water partition coefficient (Wildman–Crippen LogP) is 5.99. The molecule has 0 radical (unpaired) electrons. The fraction of sp³-hybridized carbons (Fsp3) is 0.650. The highest BCUT2D eigenvalue weighted by Crippen LogP contribution is 2.18. The van der Waals surface area contributed by atoms with Gasteiger partial charge < -0.3 is 4.74 Å². The molecule has 0 aromatic carbocycles. The Bertz CT molecular complexity index is 383.